The van der Waals surface area contributed by atoms with Crippen LogP contribution in [-0.4, -0.2) is 30.5 Å². The van der Waals surface area contributed by atoms with Crippen LogP contribution < -0.4 is 4.74 Å². The summed E-state index contributed by atoms with van der Waals surface area (Å²) in [6.07, 6.45) is 3.42. The van der Waals surface area contributed by atoms with Crippen molar-refractivity contribution < 1.29 is 9.53 Å². The molecule has 1 aliphatic rings. The average molecular weight is 317 g/mol. The number of carbonyl (C=O) groups excluding carboxylic acids is 1. The van der Waals surface area contributed by atoms with Gasteiger partial charge in [-0.3, -0.25) is 4.79 Å². The number of likely N-dealkylation sites (tertiary alicyclic amines) is 1. The lowest BCUT2D eigenvalue weighted by Gasteiger charge is -2.25. The van der Waals surface area contributed by atoms with E-state index in [1.165, 1.54) is 12.0 Å². The second-order valence-electron chi connectivity index (χ2n) is 7.96. The van der Waals surface area contributed by atoms with Crippen LogP contribution in [0, 0.1) is 12.8 Å². The largest absolute Gasteiger partial charge is 0.483 e. The maximum atomic E-state index is 12.5. The summed E-state index contributed by atoms with van der Waals surface area (Å²) in [7, 11) is 0. The molecule has 1 unspecified atom stereocenters. The minimum absolute atomic E-state index is 0.00242. The van der Waals surface area contributed by atoms with Gasteiger partial charge in [-0.05, 0) is 49.1 Å². The Labute approximate surface area is 141 Å². The van der Waals surface area contributed by atoms with E-state index in [-0.39, 0.29) is 17.9 Å². The molecule has 1 heterocycles. The Bertz CT molecular complexity index is 545. The molecule has 0 saturated carbocycles. The number of amides is 1. The Morgan fingerprint density at radius 2 is 2.00 bits per heavy atom. The van der Waals surface area contributed by atoms with Crippen LogP contribution in [0.5, 0.6) is 5.75 Å². The summed E-state index contributed by atoms with van der Waals surface area (Å²) >= 11 is 0. The Balaban J connectivity index is 2.02. The maximum Gasteiger partial charge on any atom is 0.260 e. The Kier molecular flexibility index (Phi) is 5.72. The number of nitrogens with zero attached hydrogens (tertiary/aromatic N) is 1. The number of benzene rings is 1. The van der Waals surface area contributed by atoms with Crippen molar-refractivity contribution in [3.05, 3.63) is 29.3 Å². The third kappa shape index (κ3) is 4.98. The monoisotopic (exact) mass is 317 g/mol. The first-order valence-electron chi connectivity index (χ1n) is 8.79. The normalized spacial score (nSPS) is 19.3. The van der Waals surface area contributed by atoms with E-state index in [2.05, 4.69) is 40.7 Å². The molecule has 3 heteroatoms. The third-order valence-corrected chi connectivity index (χ3v) is 4.66. The van der Waals surface area contributed by atoms with E-state index < -0.39 is 0 Å². The number of hydrogen-bond acceptors (Lipinski definition) is 2. The van der Waals surface area contributed by atoms with Crippen molar-refractivity contribution in [3.63, 3.8) is 0 Å². The molecule has 128 valence electrons. The summed E-state index contributed by atoms with van der Waals surface area (Å²) in [5.41, 5.74) is 2.38. The third-order valence-electron chi connectivity index (χ3n) is 4.66. The zero-order chi connectivity index (χ0) is 17.0. The first kappa shape index (κ1) is 17.8. The Morgan fingerprint density at radius 1 is 1.26 bits per heavy atom. The van der Waals surface area contributed by atoms with Gasteiger partial charge in [-0.25, -0.2) is 0 Å². The number of aryl methyl sites for hydroxylation is 1. The van der Waals surface area contributed by atoms with E-state index in [9.17, 15) is 4.79 Å². The van der Waals surface area contributed by atoms with E-state index in [0.29, 0.717) is 0 Å². The van der Waals surface area contributed by atoms with E-state index in [4.69, 9.17) is 4.74 Å². The van der Waals surface area contributed by atoms with Crippen molar-refractivity contribution in [2.24, 2.45) is 5.92 Å². The van der Waals surface area contributed by atoms with Gasteiger partial charge in [0.25, 0.3) is 5.91 Å². The molecule has 0 aliphatic carbocycles. The summed E-state index contributed by atoms with van der Waals surface area (Å²) in [6, 6.07) is 6.20. The van der Waals surface area contributed by atoms with E-state index in [1.807, 2.05) is 17.0 Å². The number of ether oxygens (including phenoxy) is 1. The van der Waals surface area contributed by atoms with Crippen molar-refractivity contribution in [2.75, 3.05) is 19.7 Å². The molecule has 0 N–H and O–H groups in total. The van der Waals surface area contributed by atoms with Crippen LogP contribution >= 0.6 is 0 Å². The van der Waals surface area contributed by atoms with Crippen molar-refractivity contribution in [2.45, 2.75) is 59.3 Å². The molecule has 1 aromatic rings. The Morgan fingerprint density at radius 3 is 2.70 bits per heavy atom. The highest BCUT2D eigenvalue weighted by atomic mass is 16.5. The summed E-state index contributed by atoms with van der Waals surface area (Å²) in [6.45, 7) is 12.7. The van der Waals surface area contributed by atoms with Gasteiger partial charge in [0, 0.05) is 13.1 Å². The fourth-order valence-electron chi connectivity index (χ4n) is 3.10. The van der Waals surface area contributed by atoms with Gasteiger partial charge < -0.3 is 9.64 Å². The quantitative estimate of drug-likeness (QED) is 0.831. The van der Waals surface area contributed by atoms with E-state index >= 15 is 0 Å². The smallest absolute Gasteiger partial charge is 0.260 e. The van der Waals surface area contributed by atoms with Crippen molar-refractivity contribution >= 4 is 5.91 Å². The van der Waals surface area contributed by atoms with Crippen LogP contribution in [0.2, 0.25) is 0 Å². The molecule has 0 radical (unpaired) electrons. The minimum atomic E-state index is 0.00242. The highest BCUT2D eigenvalue weighted by Gasteiger charge is 2.22. The molecule has 23 heavy (non-hydrogen) atoms. The molecule has 1 fully saturated rings. The molecule has 1 saturated heterocycles. The molecule has 3 nitrogen and oxygen atoms in total. The molecule has 0 bridgehead atoms. The fraction of sp³-hybridized carbons (Fsp3) is 0.650. The van der Waals surface area contributed by atoms with Crippen molar-refractivity contribution in [3.8, 4) is 5.75 Å². The SMILES string of the molecule is Cc1ccc(OCC(=O)N2CCCC(C)CC2)c(C(C)(C)C)c1. The van der Waals surface area contributed by atoms with Crippen LogP contribution in [-0.2, 0) is 10.2 Å². The van der Waals surface area contributed by atoms with Crippen LogP contribution in [0.15, 0.2) is 18.2 Å². The van der Waals surface area contributed by atoms with Crippen molar-refractivity contribution in [1.82, 2.24) is 4.90 Å². The van der Waals surface area contributed by atoms with Crippen LogP contribution in [0.25, 0.3) is 0 Å². The lowest BCUT2D eigenvalue weighted by Crippen LogP contribution is -2.36. The Hall–Kier alpha value is -1.51. The first-order valence-corrected chi connectivity index (χ1v) is 8.79. The van der Waals surface area contributed by atoms with Crippen LogP contribution in [0.4, 0.5) is 0 Å². The summed E-state index contributed by atoms with van der Waals surface area (Å²) in [4.78, 5) is 14.4. The molecular weight excluding hydrogens is 286 g/mol. The molecule has 0 aromatic heterocycles. The predicted molar refractivity (Wildman–Crippen MR) is 95.0 cm³/mol. The van der Waals surface area contributed by atoms with Gasteiger partial charge in [-0.2, -0.15) is 0 Å². The molecule has 2 rings (SSSR count). The van der Waals surface area contributed by atoms with Gasteiger partial charge in [0.05, 0.1) is 0 Å². The average Bonchev–Trinajstić information content (AvgIpc) is 2.69. The maximum absolute atomic E-state index is 12.5. The molecular formula is C20H31NO2. The van der Waals surface area contributed by atoms with E-state index in [0.717, 1.165) is 43.2 Å². The number of rotatable bonds is 3. The topological polar surface area (TPSA) is 29.5 Å². The zero-order valence-corrected chi connectivity index (χ0v) is 15.3. The molecule has 1 atom stereocenters. The van der Waals surface area contributed by atoms with Gasteiger partial charge in [0.15, 0.2) is 6.61 Å². The van der Waals surface area contributed by atoms with Gasteiger partial charge in [-0.1, -0.05) is 45.4 Å². The summed E-state index contributed by atoms with van der Waals surface area (Å²) in [5, 5.41) is 0. The molecule has 1 aromatic carbocycles. The number of hydrogen-bond donors (Lipinski definition) is 0. The molecule has 0 spiro atoms. The predicted octanol–water partition coefficient (Wildman–Crippen LogP) is 4.32. The van der Waals surface area contributed by atoms with Gasteiger partial charge in [0.2, 0.25) is 0 Å². The second-order valence-corrected chi connectivity index (χ2v) is 7.96. The van der Waals surface area contributed by atoms with Gasteiger partial charge in [-0.15, -0.1) is 0 Å². The zero-order valence-electron chi connectivity index (χ0n) is 15.3. The van der Waals surface area contributed by atoms with Gasteiger partial charge >= 0.3 is 0 Å². The van der Waals surface area contributed by atoms with Crippen LogP contribution in [0.3, 0.4) is 0 Å². The lowest BCUT2D eigenvalue weighted by molar-refractivity contribution is -0.133. The highest BCUT2D eigenvalue weighted by molar-refractivity contribution is 5.77. The fourth-order valence-corrected chi connectivity index (χ4v) is 3.10. The number of carbonyl (C=O) groups is 1. The van der Waals surface area contributed by atoms with Gasteiger partial charge in [0.1, 0.15) is 5.75 Å². The van der Waals surface area contributed by atoms with E-state index in [1.54, 1.807) is 0 Å². The van der Waals surface area contributed by atoms with Crippen molar-refractivity contribution in [1.29, 1.82) is 0 Å². The highest BCUT2D eigenvalue weighted by Crippen LogP contribution is 2.32. The molecule has 1 amide bonds. The second kappa shape index (κ2) is 7.37. The summed E-state index contributed by atoms with van der Waals surface area (Å²) < 4.78 is 5.91. The van der Waals surface area contributed by atoms with Crippen LogP contribution in [0.1, 0.15) is 58.1 Å². The minimum Gasteiger partial charge on any atom is -0.483 e. The summed E-state index contributed by atoms with van der Waals surface area (Å²) in [5.74, 6) is 1.66. The molecule has 1 aliphatic heterocycles. The lowest BCUT2D eigenvalue weighted by atomic mass is 9.85. The standard InChI is InChI=1S/C20H31NO2/c1-15-7-6-11-21(12-10-15)19(22)14-23-18-9-8-16(2)13-17(18)20(3,4)5/h8-9,13,15H,6-7,10-12,14H2,1-5H3. The first-order chi connectivity index (χ1) is 10.8.